The zero-order chi connectivity index (χ0) is 27.6. The average Bonchev–Trinajstić information content (AvgIpc) is 2.81. The van der Waals surface area contributed by atoms with Crippen LogP contribution in [0.2, 0.25) is 0 Å². The number of hydrogen-bond donors (Lipinski definition) is 7. The quantitative estimate of drug-likeness (QED) is 0.257. The van der Waals surface area contributed by atoms with Crippen LogP contribution in [0.15, 0.2) is 23.0 Å². The number of aliphatic hydroxyl groups excluding tert-OH is 2. The average molecular weight is 518 g/mol. The molecule has 3 aliphatic carbocycles. The van der Waals surface area contributed by atoms with Gasteiger partial charge in [-0.1, -0.05) is 0 Å². The highest BCUT2D eigenvalue weighted by Gasteiger charge is 2.64. The number of ketones is 2. The normalized spacial score (nSPS) is 27.0. The van der Waals surface area contributed by atoms with Crippen molar-refractivity contribution in [3.05, 3.63) is 45.5 Å². The molecule has 37 heavy (non-hydrogen) atoms. The highest BCUT2D eigenvalue weighted by molar-refractivity contribution is 6.24. The Labute approximate surface area is 210 Å². The van der Waals surface area contributed by atoms with Crippen LogP contribution in [0.25, 0.3) is 5.76 Å². The summed E-state index contributed by atoms with van der Waals surface area (Å²) < 4.78 is 15.5. The fourth-order valence-electron chi connectivity index (χ4n) is 5.74. The minimum atomic E-state index is -2.77. The lowest BCUT2D eigenvalue weighted by atomic mass is 9.57. The molecule has 8 N–H and O–H groups in total. The number of nitrogens with zero attached hydrogens (tertiary/aromatic N) is 1. The number of hydrogen-bond acceptors (Lipinski definition) is 9. The summed E-state index contributed by atoms with van der Waals surface area (Å²) in [6.07, 6.45) is -0.353. The minimum absolute atomic E-state index is 0.0690. The van der Waals surface area contributed by atoms with Gasteiger partial charge in [-0.05, 0) is 38.9 Å². The number of phenols is 1. The van der Waals surface area contributed by atoms with Crippen molar-refractivity contribution in [2.24, 2.45) is 17.6 Å². The van der Waals surface area contributed by atoms with Gasteiger partial charge in [0.2, 0.25) is 5.78 Å². The lowest BCUT2D eigenvalue weighted by molar-refractivity contribution is -0.153. The number of aromatic hydroxyl groups is 1. The summed E-state index contributed by atoms with van der Waals surface area (Å²) >= 11 is 0. The number of halogens is 1. The first-order valence-electron chi connectivity index (χ1n) is 11.4. The van der Waals surface area contributed by atoms with Gasteiger partial charge in [0.25, 0.3) is 5.91 Å². The predicted octanol–water partition coefficient (Wildman–Crippen LogP) is -0.468. The van der Waals surface area contributed by atoms with E-state index in [2.05, 4.69) is 10.6 Å². The molecule has 0 heterocycles. The van der Waals surface area contributed by atoms with E-state index >= 15 is 4.39 Å². The Morgan fingerprint density at radius 3 is 2.46 bits per heavy atom. The molecule has 1 saturated carbocycles. The number of primary amides is 1. The fourth-order valence-corrected chi connectivity index (χ4v) is 5.74. The highest BCUT2D eigenvalue weighted by atomic mass is 19.1. The standard InChI is InChI=1S/C24H27FN4O8/c1-27-23(36)28-7-9-6-12(30)14-10(16(9)25)4-8-5-11-17(29(2)3)19(32)15(22(26)35)21(34)24(11,37)20(33)13(8)18(14)31/h6,8,11,17,30-31,34,37H,4-5,7H2,1-3H3,(H2,26,35)(H2,27,28,36)/t8-,11-,17-,24-/m0/s1. The van der Waals surface area contributed by atoms with Crippen LogP contribution in [0.4, 0.5) is 9.18 Å². The Morgan fingerprint density at radius 2 is 1.89 bits per heavy atom. The van der Waals surface area contributed by atoms with Gasteiger partial charge in [-0.3, -0.25) is 19.3 Å². The van der Waals surface area contributed by atoms with Crippen LogP contribution in [-0.2, 0) is 27.3 Å². The molecule has 1 aromatic rings. The van der Waals surface area contributed by atoms with Gasteiger partial charge in [0.15, 0.2) is 11.4 Å². The number of likely N-dealkylation sites (N-methyl/N-ethyl adjacent to an activating group) is 1. The molecule has 0 aliphatic heterocycles. The number of amides is 3. The number of aliphatic hydroxyl groups is 3. The van der Waals surface area contributed by atoms with E-state index in [0.29, 0.717) is 0 Å². The maximum Gasteiger partial charge on any atom is 0.314 e. The Morgan fingerprint density at radius 1 is 1.24 bits per heavy atom. The second-order valence-corrected chi connectivity index (χ2v) is 9.62. The number of carbonyl (C=O) groups is 4. The Balaban J connectivity index is 1.89. The van der Waals surface area contributed by atoms with Crippen molar-refractivity contribution in [3.63, 3.8) is 0 Å². The third-order valence-corrected chi connectivity index (χ3v) is 7.40. The van der Waals surface area contributed by atoms with Crippen LogP contribution in [0.5, 0.6) is 5.75 Å². The van der Waals surface area contributed by atoms with Crippen LogP contribution in [-0.4, -0.2) is 81.6 Å². The summed E-state index contributed by atoms with van der Waals surface area (Å²) in [5.41, 5.74) is 0.675. The third-order valence-electron chi connectivity index (χ3n) is 7.40. The highest BCUT2D eigenvalue weighted by Crippen LogP contribution is 2.53. The molecule has 0 saturated heterocycles. The number of carbonyl (C=O) groups excluding carboxylic acids is 4. The molecule has 3 amide bonds. The fraction of sp³-hybridized carbons (Fsp3) is 0.417. The van der Waals surface area contributed by atoms with E-state index in [9.17, 15) is 39.6 Å². The molecule has 4 rings (SSSR count). The molecule has 3 aliphatic rings. The number of nitrogens with two attached hydrogens (primary N) is 1. The van der Waals surface area contributed by atoms with Gasteiger partial charge in [0, 0.05) is 36.2 Å². The monoisotopic (exact) mass is 518 g/mol. The van der Waals surface area contributed by atoms with E-state index in [0.717, 1.165) is 6.07 Å². The first kappa shape index (κ1) is 26.1. The number of fused-ring (bicyclic) bond motifs is 3. The smallest absolute Gasteiger partial charge is 0.314 e. The van der Waals surface area contributed by atoms with Crippen molar-refractivity contribution in [1.29, 1.82) is 0 Å². The Kier molecular flexibility index (Phi) is 6.24. The van der Waals surface area contributed by atoms with E-state index in [4.69, 9.17) is 5.73 Å². The van der Waals surface area contributed by atoms with Gasteiger partial charge in [-0.2, -0.15) is 0 Å². The topological polar surface area (TPSA) is 203 Å². The van der Waals surface area contributed by atoms with E-state index in [1.165, 1.54) is 26.0 Å². The number of benzene rings is 1. The second-order valence-electron chi connectivity index (χ2n) is 9.62. The molecule has 12 nitrogen and oxygen atoms in total. The second kappa shape index (κ2) is 8.85. The van der Waals surface area contributed by atoms with Crippen molar-refractivity contribution in [1.82, 2.24) is 15.5 Å². The zero-order valence-electron chi connectivity index (χ0n) is 20.3. The van der Waals surface area contributed by atoms with E-state index in [1.54, 1.807) is 0 Å². The predicted molar refractivity (Wildman–Crippen MR) is 125 cm³/mol. The van der Waals surface area contributed by atoms with Gasteiger partial charge >= 0.3 is 6.03 Å². The van der Waals surface area contributed by atoms with Crippen LogP contribution in [0.1, 0.15) is 23.1 Å². The third kappa shape index (κ3) is 3.64. The van der Waals surface area contributed by atoms with Crippen molar-refractivity contribution in [3.8, 4) is 5.75 Å². The molecule has 1 fully saturated rings. The molecule has 198 valence electrons. The molecule has 0 aromatic heterocycles. The van der Waals surface area contributed by atoms with Gasteiger partial charge in [-0.25, -0.2) is 9.18 Å². The van der Waals surface area contributed by atoms with Crippen LogP contribution in [0.3, 0.4) is 0 Å². The molecule has 0 unspecified atom stereocenters. The van der Waals surface area contributed by atoms with Crippen LogP contribution >= 0.6 is 0 Å². The first-order chi connectivity index (χ1) is 17.3. The van der Waals surface area contributed by atoms with Crippen molar-refractivity contribution in [2.75, 3.05) is 21.1 Å². The van der Waals surface area contributed by atoms with Crippen molar-refractivity contribution < 1.29 is 44.0 Å². The Bertz CT molecular complexity index is 1320. The summed E-state index contributed by atoms with van der Waals surface area (Å²) in [6.45, 7) is -0.276. The first-order valence-corrected chi connectivity index (χ1v) is 11.4. The molecular weight excluding hydrogens is 491 g/mol. The summed E-state index contributed by atoms with van der Waals surface area (Å²) in [5, 5.41) is 48.7. The van der Waals surface area contributed by atoms with Crippen molar-refractivity contribution in [2.45, 2.75) is 31.0 Å². The molecule has 0 radical (unpaired) electrons. The molecular formula is C24H27FN4O8. The summed E-state index contributed by atoms with van der Waals surface area (Å²) in [5.74, 6) is -8.94. The largest absolute Gasteiger partial charge is 0.508 e. The summed E-state index contributed by atoms with van der Waals surface area (Å²) in [6, 6.07) is -0.826. The van der Waals surface area contributed by atoms with Crippen LogP contribution < -0.4 is 16.4 Å². The van der Waals surface area contributed by atoms with E-state index < -0.39 is 75.6 Å². The maximum atomic E-state index is 15.5. The van der Waals surface area contributed by atoms with Gasteiger partial charge in [0.05, 0.1) is 11.6 Å². The van der Waals surface area contributed by atoms with Gasteiger partial charge < -0.3 is 36.8 Å². The lowest BCUT2D eigenvalue weighted by Gasteiger charge is -2.50. The Hall–Kier alpha value is -3.97. The van der Waals surface area contributed by atoms with Gasteiger partial charge in [0.1, 0.15) is 28.7 Å². The maximum absolute atomic E-state index is 15.5. The molecule has 13 heteroatoms. The number of phenolic OH excluding ortho intramolecular Hbond substituents is 1. The summed E-state index contributed by atoms with van der Waals surface area (Å²) in [4.78, 5) is 51.6. The number of nitrogens with one attached hydrogen (secondary N) is 2. The van der Waals surface area contributed by atoms with Gasteiger partial charge in [-0.15, -0.1) is 0 Å². The molecule has 0 spiro atoms. The number of Topliss-reactive ketones (excluding diaryl/α,β-unsaturated/α-hetero) is 2. The van der Waals surface area contributed by atoms with Crippen molar-refractivity contribution >= 4 is 29.3 Å². The molecule has 1 aromatic carbocycles. The van der Waals surface area contributed by atoms with E-state index in [-0.39, 0.29) is 41.6 Å². The van der Waals surface area contributed by atoms with E-state index in [1.807, 2.05) is 0 Å². The number of urea groups is 1. The molecule has 4 atom stereocenters. The zero-order valence-corrected chi connectivity index (χ0v) is 20.3. The molecule has 0 bridgehead atoms. The SMILES string of the molecule is CNC(=O)NCc1cc(O)c2c(c1F)C[C@H]1C[C@H]3[C@H](N(C)C)C(=O)C(C(N)=O)=C(O)[C@@]3(O)C(=O)C1=C2O. The number of rotatable bonds is 4. The van der Waals surface area contributed by atoms with Crippen LogP contribution in [0, 0.1) is 17.7 Å². The minimum Gasteiger partial charge on any atom is -0.508 e. The lowest BCUT2D eigenvalue weighted by Crippen LogP contribution is -2.65. The summed E-state index contributed by atoms with van der Waals surface area (Å²) in [7, 11) is 4.34.